The minimum atomic E-state index is -0.428. The van der Waals surface area contributed by atoms with E-state index in [1.165, 1.54) is 6.08 Å². The molecule has 0 bridgehead atoms. The first-order valence-electron chi connectivity index (χ1n) is 4.83. The lowest BCUT2D eigenvalue weighted by Crippen LogP contribution is -2.13. The summed E-state index contributed by atoms with van der Waals surface area (Å²) in [4.78, 5) is 10.5. The number of carbonyl (C=O) groups is 1. The second-order valence-corrected chi connectivity index (χ2v) is 3.62. The minimum absolute atomic E-state index is 0. The Hall–Kier alpha value is -0.990. The maximum atomic E-state index is 10.5. The van der Waals surface area contributed by atoms with E-state index in [9.17, 15) is 4.79 Å². The largest absolute Gasteiger partial charge is 0.382 e. The average Bonchev–Trinajstić information content (AvgIpc) is 2.25. The predicted octanol–water partition coefficient (Wildman–Crippen LogP) is 2.97. The fourth-order valence-corrected chi connectivity index (χ4v) is 1.37. The standard InChI is InChI=1S/C12H14ClNO.ClH/c1-2-9-14-11-6-3-10(4-7-11)5-8-12(13)15;/h2-3,5-8,10,14H,1,4,9H2;1H. The van der Waals surface area contributed by atoms with Crippen molar-refractivity contribution in [3.63, 3.8) is 0 Å². The number of nitrogens with one attached hydrogen (secondary N) is 1. The van der Waals surface area contributed by atoms with Gasteiger partial charge in [-0.15, -0.1) is 19.0 Å². The van der Waals surface area contributed by atoms with E-state index in [2.05, 4.69) is 18.0 Å². The van der Waals surface area contributed by atoms with Gasteiger partial charge in [0.25, 0.3) is 0 Å². The molecule has 1 N–H and O–H groups in total. The number of hydrogen-bond acceptors (Lipinski definition) is 2. The summed E-state index contributed by atoms with van der Waals surface area (Å²) < 4.78 is 0. The van der Waals surface area contributed by atoms with Crippen molar-refractivity contribution in [2.75, 3.05) is 6.54 Å². The fourth-order valence-electron chi connectivity index (χ4n) is 1.30. The highest BCUT2D eigenvalue weighted by Crippen LogP contribution is 2.16. The van der Waals surface area contributed by atoms with E-state index in [1.54, 1.807) is 0 Å². The maximum absolute atomic E-state index is 10.5. The van der Waals surface area contributed by atoms with Crippen LogP contribution in [-0.2, 0) is 4.79 Å². The first kappa shape index (κ1) is 15.0. The van der Waals surface area contributed by atoms with Crippen molar-refractivity contribution in [2.24, 2.45) is 5.92 Å². The molecular formula is C12H15Cl2NO. The number of carbonyl (C=O) groups excluding carboxylic acids is 1. The Morgan fingerprint density at radius 2 is 2.44 bits per heavy atom. The molecule has 0 fully saturated rings. The van der Waals surface area contributed by atoms with Crippen LogP contribution in [0.25, 0.3) is 0 Å². The Kier molecular flexibility index (Phi) is 7.69. The van der Waals surface area contributed by atoms with E-state index in [0.717, 1.165) is 18.7 Å². The molecule has 0 aliphatic heterocycles. The molecule has 0 aromatic carbocycles. The van der Waals surface area contributed by atoms with E-state index in [-0.39, 0.29) is 18.3 Å². The van der Waals surface area contributed by atoms with Crippen LogP contribution in [0, 0.1) is 5.92 Å². The molecule has 1 unspecified atom stereocenters. The van der Waals surface area contributed by atoms with Gasteiger partial charge in [0.15, 0.2) is 0 Å². The highest BCUT2D eigenvalue weighted by Gasteiger charge is 2.04. The molecule has 1 rings (SSSR count). The lowest BCUT2D eigenvalue weighted by Gasteiger charge is -2.13. The van der Waals surface area contributed by atoms with Crippen LogP contribution >= 0.6 is 24.0 Å². The lowest BCUT2D eigenvalue weighted by atomic mass is 9.99. The van der Waals surface area contributed by atoms with Gasteiger partial charge in [-0.2, -0.15) is 0 Å². The summed E-state index contributed by atoms with van der Waals surface area (Å²) in [5.74, 6) is 0.266. The van der Waals surface area contributed by atoms with Crippen LogP contribution in [0.5, 0.6) is 0 Å². The second-order valence-electron chi connectivity index (χ2n) is 3.25. The third-order valence-corrected chi connectivity index (χ3v) is 2.18. The molecule has 1 atom stereocenters. The van der Waals surface area contributed by atoms with Crippen LogP contribution in [0.2, 0.25) is 0 Å². The summed E-state index contributed by atoms with van der Waals surface area (Å²) in [6.45, 7) is 4.39. The molecule has 0 amide bonds. The molecule has 0 radical (unpaired) electrons. The third kappa shape index (κ3) is 5.79. The molecule has 4 heteroatoms. The van der Waals surface area contributed by atoms with Gasteiger partial charge < -0.3 is 5.32 Å². The van der Waals surface area contributed by atoms with Crippen LogP contribution in [-0.4, -0.2) is 11.8 Å². The Morgan fingerprint density at radius 1 is 1.69 bits per heavy atom. The van der Waals surface area contributed by atoms with E-state index in [1.807, 2.05) is 24.3 Å². The fraction of sp³-hybridized carbons (Fsp3) is 0.250. The second kappa shape index (κ2) is 8.20. The van der Waals surface area contributed by atoms with Crippen molar-refractivity contribution in [1.29, 1.82) is 0 Å². The molecule has 0 heterocycles. The van der Waals surface area contributed by atoms with Gasteiger partial charge in [-0.3, -0.25) is 4.79 Å². The van der Waals surface area contributed by atoms with Crippen molar-refractivity contribution in [3.8, 4) is 0 Å². The van der Waals surface area contributed by atoms with Gasteiger partial charge in [0.05, 0.1) is 0 Å². The lowest BCUT2D eigenvalue weighted by molar-refractivity contribution is -0.107. The molecule has 16 heavy (non-hydrogen) atoms. The zero-order valence-electron chi connectivity index (χ0n) is 8.86. The maximum Gasteiger partial charge on any atom is 0.244 e. The summed E-state index contributed by atoms with van der Waals surface area (Å²) in [6, 6.07) is 0. The predicted molar refractivity (Wildman–Crippen MR) is 70.8 cm³/mol. The quantitative estimate of drug-likeness (QED) is 0.467. The molecule has 0 saturated heterocycles. The van der Waals surface area contributed by atoms with Gasteiger partial charge in [0.2, 0.25) is 5.24 Å². The normalized spacial score (nSPS) is 18.8. The van der Waals surface area contributed by atoms with E-state index >= 15 is 0 Å². The molecular weight excluding hydrogens is 245 g/mol. The first-order chi connectivity index (χ1) is 7.22. The molecule has 0 aromatic rings. The molecule has 1 aliphatic carbocycles. The van der Waals surface area contributed by atoms with Crippen LogP contribution in [0.1, 0.15) is 6.42 Å². The number of allylic oxidation sites excluding steroid dienone is 5. The topological polar surface area (TPSA) is 29.1 Å². The average molecular weight is 260 g/mol. The highest BCUT2D eigenvalue weighted by atomic mass is 35.5. The van der Waals surface area contributed by atoms with Crippen LogP contribution in [0.4, 0.5) is 0 Å². The number of rotatable bonds is 5. The highest BCUT2D eigenvalue weighted by molar-refractivity contribution is 6.66. The summed E-state index contributed by atoms with van der Waals surface area (Å²) in [7, 11) is 0. The van der Waals surface area contributed by atoms with Gasteiger partial charge in [0.1, 0.15) is 0 Å². The molecule has 0 spiro atoms. The minimum Gasteiger partial charge on any atom is -0.382 e. The van der Waals surface area contributed by atoms with E-state index in [4.69, 9.17) is 11.6 Å². The Morgan fingerprint density at radius 3 is 2.94 bits per heavy atom. The zero-order chi connectivity index (χ0) is 11.1. The van der Waals surface area contributed by atoms with Crippen LogP contribution < -0.4 is 5.32 Å². The molecule has 0 saturated carbocycles. The van der Waals surface area contributed by atoms with Gasteiger partial charge in [-0.05, 0) is 36.1 Å². The van der Waals surface area contributed by atoms with Crippen molar-refractivity contribution in [2.45, 2.75) is 6.42 Å². The van der Waals surface area contributed by atoms with Crippen LogP contribution in [0.3, 0.4) is 0 Å². The summed E-state index contributed by atoms with van der Waals surface area (Å²) >= 11 is 5.21. The SMILES string of the molecule is C=CCNC1=CCC(C=CC(=O)Cl)C=C1.Cl. The van der Waals surface area contributed by atoms with Crippen molar-refractivity contribution in [3.05, 3.63) is 48.7 Å². The van der Waals surface area contributed by atoms with Gasteiger partial charge in [-0.25, -0.2) is 0 Å². The van der Waals surface area contributed by atoms with Crippen molar-refractivity contribution >= 4 is 29.3 Å². The Bertz CT molecular complexity index is 332. The first-order valence-corrected chi connectivity index (χ1v) is 5.21. The molecule has 0 aromatic heterocycles. The molecule has 2 nitrogen and oxygen atoms in total. The van der Waals surface area contributed by atoms with Gasteiger partial charge >= 0.3 is 0 Å². The monoisotopic (exact) mass is 259 g/mol. The van der Waals surface area contributed by atoms with Crippen molar-refractivity contribution in [1.82, 2.24) is 5.32 Å². The summed E-state index contributed by atoms with van der Waals surface area (Å²) in [5, 5.41) is 2.77. The van der Waals surface area contributed by atoms with E-state index in [0.29, 0.717) is 0 Å². The van der Waals surface area contributed by atoms with Gasteiger partial charge in [0, 0.05) is 12.2 Å². The molecule has 88 valence electrons. The van der Waals surface area contributed by atoms with Crippen LogP contribution in [0.15, 0.2) is 48.7 Å². The number of hydrogen-bond donors (Lipinski definition) is 1. The van der Waals surface area contributed by atoms with Gasteiger partial charge in [-0.1, -0.05) is 24.3 Å². The van der Waals surface area contributed by atoms with E-state index < -0.39 is 5.24 Å². The smallest absolute Gasteiger partial charge is 0.244 e. The molecule has 1 aliphatic rings. The summed E-state index contributed by atoms with van der Waals surface area (Å²) in [6.07, 6.45) is 12.0. The van der Waals surface area contributed by atoms with Crippen molar-refractivity contribution < 1.29 is 4.79 Å². The third-order valence-electron chi connectivity index (χ3n) is 2.06. The zero-order valence-corrected chi connectivity index (χ0v) is 10.4. The Balaban J connectivity index is 0.00000225. The summed E-state index contributed by atoms with van der Waals surface area (Å²) in [5.41, 5.74) is 1.09. The Labute approximate surface area is 107 Å². The number of halogens is 2.